The zero-order valence-electron chi connectivity index (χ0n) is 19.8. The van der Waals surface area contributed by atoms with E-state index in [0.29, 0.717) is 24.8 Å². The van der Waals surface area contributed by atoms with Crippen molar-refractivity contribution in [1.82, 2.24) is 0 Å². The van der Waals surface area contributed by atoms with E-state index in [2.05, 4.69) is 19.9 Å². The monoisotopic (exact) mass is 446 g/mol. The van der Waals surface area contributed by atoms with Crippen LogP contribution < -0.4 is 0 Å². The van der Waals surface area contributed by atoms with Gasteiger partial charge in [0.25, 0.3) is 0 Å². The molecule has 4 nitrogen and oxygen atoms in total. The Balaban J connectivity index is 1.45. The first kappa shape index (κ1) is 24.6. The Hall–Kier alpha value is -3.01. The smallest absolute Gasteiger partial charge is 0.169 e. The molecule has 0 radical (unpaired) electrons. The van der Waals surface area contributed by atoms with Crippen molar-refractivity contribution in [1.29, 1.82) is 0 Å². The molecule has 0 N–H and O–H groups in total. The molecule has 4 heteroatoms. The molecule has 3 rings (SSSR count). The number of furan rings is 1. The average Bonchev–Trinajstić information content (AvgIpc) is 3.34. The van der Waals surface area contributed by atoms with Crippen LogP contribution in [0.15, 0.2) is 58.9 Å². The van der Waals surface area contributed by atoms with Crippen molar-refractivity contribution < 1.29 is 18.8 Å². The lowest BCUT2D eigenvalue weighted by Crippen LogP contribution is -2.14. The lowest BCUT2D eigenvalue weighted by Gasteiger charge is -2.13. The molecule has 0 spiro atoms. The summed E-state index contributed by atoms with van der Waals surface area (Å²) in [4.78, 5) is 37.2. The second-order valence-electron chi connectivity index (χ2n) is 8.96. The maximum Gasteiger partial charge on any atom is 0.169 e. The number of carbonyl (C=O) groups is 3. The summed E-state index contributed by atoms with van der Waals surface area (Å²) in [6.45, 7) is 4.13. The lowest BCUT2D eigenvalue weighted by atomic mass is 9.90. The Morgan fingerprint density at radius 1 is 1.15 bits per heavy atom. The van der Waals surface area contributed by atoms with Crippen molar-refractivity contribution in [2.24, 2.45) is 5.92 Å². The zero-order valence-corrected chi connectivity index (χ0v) is 19.8. The first-order valence-corrected chi connectivity index (χ1v) is 12.1. The molecule has 0 fully saturated rings. The van der Waals surface area contributed by atoms with Gasteiger partial charge in [-0.2, -0.15) is 0 Å². The molecule has 0 saturated heterocycles. The average molecular weight is 447 g/mol. The Kier molecular flexibility index (Phi) is 9.17. The summed E-state index contributed by atoms with van der Waals surface area (Å²) in [5, 5.41) is 0. The van der Waals surface area contributed by atoms with Gasteiger partial charge in [0.1, 0.15) is 6.26 Å². The normalized spacial score (nSPS) is 16.2. The Bertz CT molecular complexity index is 1020. The number of benzene rings is 1. The van der Waals surface area contributed by atoms with Gasteiger partial charge in [-0.05, 0) is 74.8 Å². The number of hydrogen-bond donors (Lipinski definition) is 0. The minimum Gasteiger partial charge on any atom is -0.472 e. The van der Waals surface area contributed by atoms with E-state index in [1.807, 2.05) is 24.3 Å². The molecule has 1 aromatic heterocycles. The van der Waals surface area contributed by atoms with Crippen LogP contribution in [-0.2, 0) is 4.79 Å². The standard InChI is InChI=1S/C29H34O4/c1-3-7-23(29(32)25-16-17-33-20-25)9-4-5-10-27(30)11-6-8-22-13-15-28(31)24-14-12-21(2)26(18-22)19-24/h5,10,12,14,16-20,23H,3-4,6-9,11,13,15H2,1-2H3/b10-5-,22-18-. The van der Waals surface area contributed by atoms with Gasteiger partial charge in [0, 0.05) is 24.3 Å². The van der Waals surface area contributed by atoms with Crippen LogP contribution in [0.3, 0.4) is 0 Å². The molecule has 1 unspecified atom stereocenters. The van der Waals surface area contributed by atoms with Crippen molar-refractivity contribution in [3.63, 3.8) is 0 Å². The molecule has 1 atom stereocenters. The predicted octanol–water partition coefficient (Wildman–Crippen LogP) is 7.32. The molecule has 1 aliphatic rings. The van der Waals surface area contributed by atoms with Crippen LogP contribution in [-0.4, -0.2) is 17.3 Å². The van der Waals surface area contributed by atoms with Crippen LogP contribution in [0.5, 0.6) is 0 Å². The summed E-state index contributed by atoms with van der Waals surface area (Å²) in [7, 11) is 0. The number of rotatable bonds is 12. The molecule has 174 valence electrons. The number of allylic oxidation sites excluding steroid dienone is 3. The molecule has 0 aliphatic heterocycles. The van der Waals surface area contributed by atoms with Crippen LogP contribution in [0.4, 0.5) is 0 Å². The summed E-state index contributed by atoms with van der Waals surface area (Å²) in [5.41, 5.74) is 4.92. The van der Waals surface area contributed by atoms with E-state index in [0.717, 1.165) is 55.2 Å². The third-order valence-electron chi connectivity index (χ3n) is 6.35. The van der Waals surface area contributed by atoms with Crippen molar-refractivity contribution in [2.75, 3.05) is 0 Å². The highest BCUT2D eigenvalue weighted by atomic mass is 16.3. The third-order valence-corrected chi connectivity index (χ3v) is 6.35. The Labute approximate surface area is 196 Å². The fraction of sp³-hybridized carbons (Fsp3) is 0.414. The minimum atomic E-state index is -0.0386. The van der Waals surface area contributed by atoms with Gasteiger partial charge in [0.2, 0.25) is 0 Å². The van der Waals surface area contributed by atoms with E-state index >= 15 is 0 Å². The molecule has 33 heavy (non-hydrogen) atoms. The summed E-state index contributed by atoms with van der Waals surface area (Å²) >= 11 is 0. The van der Waals surface area contributed by atoms with Crippen LogP contribution in [0.2, 0.25) is 0 Å². The number of fused-ring (bicyclic) bond motifs is 2. The van der Waals surface area contributed by atoms with Crippen LogP contribution in [0.1, 0.15) is 96.6 Å². The molecular formula is C29H34O4. The number of ketones is 3. The van der Waals surface area contributed by atoms with Crippen molar-refractivity contribution in [2.45, 2.75) is 71.6 Å². The molecule has 2 bridgehead atoms. The van der Waals surface area contributed by atoms with Crippen LogP contribution >= 0.6 is 0 Å². The van der Waals surface area contributed by atoms with Crippen LogP contribution in [0.25, 0.3) is 6.08 Å². The van der Waals surface area contributed by atoms with E-state index < -0.39 is 0 Å². The van der Waals surface area contributed by atoms with Gasteiger partial charge in [-0.3, -0.25) is 14.4 Å². The van der Waals surface area contributed by atoms with E-state index in [1.54, 1.807) is 12.1 Å². The highest BCUT2D eigenvalue weighted by Crippen LogP contribution is 2.25. The Morgan fingerprint density at radius 3 is 2.76 bits per heavy atom. The molecular weight excluding hydrogens is 412 g/mol. The van der Waals surface area contributed by atoms with Crippen molar-refractivity contribution >= 4 is 23.4 Å². The lowest BCUT2D eigenvalue weighted by molar-refractivity contribution is -0.114. The third kappa shape index (κ3) is 7.24. The maximum absolute atomic E-state index is 12.6. The summed E-state index contributed by atoms with van der Waals surface area (Å²) in [6, 6.07) is 7.60. The molecule has 2 aromatic rings. The molecule has 1 aromatic carbocycles. The number of aryl methyl sites for hydroxylation is 1. The number of Topliss-reactive ketones (excluding diaryl/α,β-unsaturated/α-hetero) is 2. The van der Waals surface area contributed by atoms with Gasteiger partial charge in [0.15, 0.2) is 17.3 Å². The molecule has 1 heterocycles. The van der Waals surface area contributed by atoms with Gasteiger partial charge in [-0.15, -0.1) is 0 Å². The first-order valence-electron chi connectivity index (χ1n) is 12.1. The van der Waals surface area contributed by atoms with Gasteiger partial charge < -0.3 is 4.42 Å². The highest BCUT2D eigenvalue weighted by molar-refractivity contribution is 5.98. The second kappa shape index (κ2) is 12.3. The summed E-state index contributed by atoms with van der Waals surface area (Å²) in [5.74, 6) is 0.387. The summed E-state index contributed by atoms with van der Waals surface area (Å²) < 4.78 is 5.04. The highest BCUT2D eigenvalue weighted by Gasteiger charge is 2.19. The minimum absolute atomic E-state index is 0.0386. The SMILES string of the molecule is CCCC(CC/C=C\C(=O)CCC/C1=C/c2cc(ccc2C)C(=O)CC1)C(=O)c1ccoc1. The summed E-state index contributed by atoms with van der Waals surface area (Å²) in [6.07, 6.45) is 15.4. The second-order valence-corrected chi connectivity index (χ2v) is 8.96. The number of carbonyl (C=O) groups excluding carboxylic acids is 3. The molecule has 0 saturated carbocycles. The van der Waals surface area contributed by atoms with E-state index in [1.165, 1.54) is 18.1 Å². The number of hydrogen-bond acceptors (Lipinski definition) is 4. The largest absolute Gasteiger partial charge is 0.472 e. The van der Waals surface area contributed by atoms with Gasteiger partial charge >= 0.3 is 0 Å². The van der Waals surface area contributed by atoms with Gasteiger partial charge in [-0.1, -0.05) is 43.2 Å². The fourth-order valence-corrected chi connectivity index (χ4v) is 4.36. The zero-order chi connectivity index (χ0) is 23.6. The van der Waals surface area contributed by atoms with Crippen molar-refractivity contribution in [3.05, 3.63) is 76.8 Å². The fourth-order valence-electron chi connectivity index (χ4n) is 4.36. The van der Waals surface area contributed by atoms with Crippen LogP contribution in [0, 0.1) is 12.8 Å². The topological polar surface area (TPSA) is 64.3 Å². The molecule has 0 amide bonds. The predicted molar refractivity (Wildman–Crippen MR) is 131 cm³/mol. The van der Waals surface area contributed by atoms with Crippen molar-refractivity contribution in [3.8, 4) is 0 Å². The first-order chi connectivity index (χ1) is 16.0. The van der Waals surface area contributed by atoms with Gasteiger partial charge in [0.05, 0.1) is 11.8 Å². The van der Waals surface area contributed by atoms with E-state index in [-0.39, 0.29) is 23.3 Å². The van der Waals surface area contributed by atoms with E-state index in [4.69, 9.17) is 4.42 Å². The molecule has 1 aliphatic carbocycles. The van der Waals surface area contributed by atoms with E-state index in [9.17, 15) is 14.4 Å². The Morgan fingerprint density at radius 2 is 2.00 bits per heavy atom. The van der Waals surface area contributed by atoms with Gasteiger partial charge in [-0.25, -0.2) is 0 Å². The maximum atomic E-state index is 12.6. The quantitative estimate of drug-likeness (QED) is 0.253.